The van der Waals surface area contributed by atoms with Gasteiger partial charge in [0.05, 0.1) is 11.2 Å². The molecule has 0 spiro atoms. The molecule has 0 unspecified atom stereocenters. The van der Waals surface area contributed by atoms with E-state index in [-0.39, 0.29) is 5.41 Å². The zero-order chi connectivity index (χ0) is 30.6. The van der Waals surface area contributed by atoms with Crippen LogP contribution in [0.3, 0.4) is 0 Å². The fourth-order valence-electron chi connectivity index (χ4n) is 8.47. The van der Waals surface area contributed by atoms with Gasteiger partial charge in [0.15, 0.2) is 0 Å². The van der Waals surface area contributed by atoms with Crippen molar-refractivity contribution in [3.8, 4) is 39.2 Å². The van der Waals surface area contributed by atoms with Crippen LogP contribution in [0, 0.1) is 0 Å². The highest BCUT2D eigenvalue weighted by Crippen LogP contribution is 2.54. The molecule has 0 fully saturated rings. The molecule has 1 nitrogen and oxygen atoms in total. The summed E-state index contributed by atoms with van der Waals surface area (Å²) in [5.41, 5.74) is 12.9. The van der Waals surface area contributed by atoms with Crippen LogP contribution in [0.25, 0.3) is 82.4 Å². The fourth-order valence-corrected chi connectivity index (χ4v) is 8.47. The highest BCUT2D eigenvalue weighted by Gasteiger charge is 2.40. The van der Waals surface area contributed by atoms with E-state index >= 15 is 0 Å². The van der Waals surface area contributed by atoms with Gasteiger partial charge in [-0.15, -0.1) is 0 Å². The van der Waals surface area contributed by atoms with Crippen molar-refractivity contribution in [3.05, 3.63) is 163 Å². The third kappa shape index (κ3) is 3.35. The van der Waals surface area contributed by atoms with E-state index in [0.717, 1.165) is 0 Å². The van der Waals surface area contributed by atoms with Gasteiger partial charge in [-0.3, -0.25) is 0 Å². The van der Waals surface area contributed by atoms with Crippen LogP contribution in [0.1, 0.15) is 25.0 Å². The summed E-state index contributed by atoms with van der Waals surface area (Å²) in [4.78, 5) is 0. The summed E-state index contributed by atoms with van der Waals surface area (Å²) in [6.07, 6.45) is 0. The highest BCUT2D eigenvalue weighted by atomic mass is 15.0. The predicted octanol–water partition coefficient (Wildman–Crippen LogP) is 12.2. The van der Waals surface area contributed by atoms with Gasteiger partial charge in [0.2, 0.25) is 0 Å². The van der Waals surface area contributed by atoms with Crippen molar-refractivity contribution in [2.45, 2.75) is 19.3 Å². The molecule has 1 aliphatic rings. The Balaban J connectivity index is 1.21. The molecule has 0 saturated heterocycles. The second-order valence-electron chi connectivity index (χ2n) is 13.3. The molecule has 8 aromatic carbocycles. The van der Waals surface area contributed by atoms with Crippen LogP contribution in [0.15, 0.2) is 152 Å². The van der Waals surface area contributed by atoms with Crippen LogP contribution in [-0.2, 0) is 5.41 Å². The highest BCUT2D eigenvalue weighted by molar-refractivity contribution is 6.27. The Kier molecular flexibility index (Phi) is 5.12. The van der Waals surface area contributed by atoms with Gasteiger partial charge in [-0.05, 0) is 90.0 Å². The first-order chi connectivity index (χ1) is 22.6. The second kappa shape index (κ2) is 9.19. The summed E-state index contributed by atoms with van der Waals surface area (Å²) in [5, 5.41) is 9.26. The molecule has 0 N–H and O–H groups in total. The normalized spacial score (nSPS) is 13.6. The Morgan fingerprint density at radius 3 is 1.72 bits per heavy atom. The molecular formula is C45H31N. The van der Waals surface area contributed by atoms with Gasteiger partial charge in [0, 0.05) is 22.1 Å². The van der Waals surface area contributed by atoms with Crippen LogP contribution < -0.4 is 0 Å². The number of para-hydroxylation sites is 2. The minimum Gasteiger partial charge on any atom is -0.309 e. The maximum atomic E-state index is 2.47. The average molecular weight is 586 g/mol. The first-order valence-corrected chi connectivity index (χ1v) is 16.2. The average Bonchev–Trinajstić information content (AvgIpc) is 3.57. The topological polar surface area (TPSA) is 4.93 Å². The number of hydrogen-bond donors (Lipinski definition) is 0. The number of hydrogen-bond acceptors (Lipinski definition) is 0. The van der Waals surface area contributed by atoms with E-state index < -0.39 is 0 Å². The third-order valence-corrected chi connectivity index (χ3v) is 10.5. The number of benzene rings is 8. The molecule has 10 rings (SSSR count). The Hall–Kier alpha value is -5.66. The molecule has 9 aromatic rings. The standard InChI is InChI=1S/C45H31N/c1-45(2)39-27-31(21-26-37(39)44-43(45)38-15-9-10-16-40(38)46(44)32-13-7-4-8-14-32)34-23-18-30-19-24-35-33(28-11-5-3-6-12-28)22-17-29-20-25-36(34)42(30)41(29)35/h3-27H,1-2H3. The summed E-state index contributed by atoms with van der Waals surface area (Å²) in [6.45, 7) is 4.80. The van der Waals surface area contributed by atoms with E-state index in [9.17, 15) is 0 Å². The van der Waals surface area contributed by atoms with Gasteiger partial charge >= 0.3 is 0 Å². The largest absolute Gasteiger partial charge is 0.309 e. The van der Waals surface area contributed by atoms with Crippen LogP contribution in [0.4, 0.5) is 0 Å². The van der Waals surface area contributed by atoms with E-state index in [1.165, 1.54) is 93.5 Å². The quantitative estimate of drug-likeness (QED) is 0.182. The van der Waals surface area contributed by atoms with E-state index in [1.807, 2.05) is 0 Å². The second-order valence-corrected chi connectivity index (χ2v) is 13.3. The monoisotopic (exact) mass is 585 g/mol. The first-order valence-electron chi connectivity index (χ1n) is 16.2. The van der Waals surface area contributed by atoms with Crippen molar-refractivity contribution >= 4 is 43.2 Å². The zero-order valence-corrected chi connectivity index (χ0v) is 25.9. The van der Waals surface area contributed by atoms with Crippen molar-refractivity contribution in [3.63, 3.8) is 0 Å². The molecule has 1 heteroatoms. The van der Waals surface area contributed by atoms with Crippen LogP contribution in [-0.4, -0.2) is 4.57 Å². The van der Waals surface area contributed by atoms with E-state index in [0.29, 0.717) is 0 Å². The maximum absolute atomic E-state index is 2.47. The number of nitrogens with zero attached hydrogens (tertiary/aromatic N) is 1. The lowest BCUT2D eigenvalue weighted by Gasteiger charge is -2.22. The van der Waals surface area contributed by atoms with E-state index in [2.05, 4.69) is 170 Å². The van der Waals surface area contributed by atoms with Crippen molar-refractivity contribution < 1.29 is 0 Å². The number of aromatic nitrogens is 1. The summed E-state index contributed by atoms with van der Waals surface area (Å²) in [5.74, 6) is 0. The minimum absolute atomic E-state index is 0.144. The molecule has 0 atom stereocenters. The summed E-state index contributed by atoms with van der Waals surface area (Å²) >= 11 is 0. The number of fused-ring (bicyclic) bond motifs is 5. The van der Waals surface area contributed by atoms with Gasteiger partial charge in [-0.25, -0.2) is 0 Å². The van der Waals surface area contributed by atoms with Crippen molar-refractivity contribution in [2.24, 2.45) is 0 Å². The first kappa shape index (κ1) is 25.6. The molecule has 1 aliphatic carbocycles. The Morgan fingerprint density at radius 1 is 0.457 bits per heavy atom. The SMILES string of the molecule is CC1(C)c2cc(-c3ccc4ccc5c(-c6ccccc6)ccc6ccc3c4c65)ccc2-c2c1c1ccccc1n2-c1ccccc1. The fraction of sp³-hybridized carbons (Fsp3) is 0.0667. The third-order valence-electron chi connectivity index (χ3n) is 10.5. The lowest BCUT2D eigenvalue weighted by atomic mass is 9.80. The van der Waals surface area contributed by atoms with E-state index in [4.69, 9.17) is 0 Å². The van der Waals surface area contributed by atoms with Crippen molar-refractivity contribution in [1.82, 2.24) is 4.57 Å². The molecular weight excluding hydrogens is 555 g/mol. The van der Waals surface area contributed by atoms with Crippen molar-refractivity contribution in [2.75, 3.05) is 0 Å². The van der Waals surface area contributed by atoms with Gasteiger partial charge in [-0.2, -0.15) is 0 Å². The van der Waals surface area contributed by atoms with Crippen LogP contribution in [0.2, 0.25) is 0 Å². The maximum Gasteiger partial charge on any atom is 0.0585 e. The van der Waals surface area contributed by atoms with Gasteiger partial charge in [0.1, 0.15) is 0 Å². The lowest BCUT2D eigenvalue weighted by molar-refractivity contribution is 0.666. The van der Waals surface area contributed by atoms with Gasteiger partial charge in [-0.1, -0.05) is 141 Å². The summed E-state index contributed by atoms with van der Waals surface area (Å²) in [7, 11) is 0. The lowest BCUT2D eigenvalue weighted by Crippen LogP contribution is -2.15. The Morgan fingerprint density at radius 2 is 1.02 bits per heavy atom. The molecule has 1 heterocycles. The zero-order valence-electron chi connectivity index (χ0n) is 25.9. The summed E-state index contributed by atoms with van der Waals surface area (Å²) < 4.78 is 2.47. The molecule has 0 bridgehead atoms. The molecule has 0 aliphatic heterocycles. The Labute approximate surface area is 268 Å². The molecule has 216 valence electrons. The predicted molar refractivity (Wildman–Crippen MR) is 195 cm³/mol. The number of rotatable bonds is 3. The molecule has 0 radical (unpaired) electrons. The molecule has 1 aromatic heterocycles. The molecule has 0 saturated carbocycles. The minimum atomic E-state index is -0.144. The van der Waals surface area contributed by atoms with E-state index in [1.54, 1.807) is 0 Å². The summed E-state index contributed by atoms with van der Waals surface area (Å²) in [6, 6.07) is 56.2. The molecule has 46 heavy (non-hydrogen) atoms. The van der Waals surface area contributed by atoms with Crippen LogP contribution >= 0.6 is 0 Å². The Bertz CT molecular complexity index is 2640. The van der Waals surface area contributed by atoms with Gasteiger partial charge < -0.3 is 4.57 Å². The smallest absolute Gasteiger partial charge is 0.0585 e. The van der Waals surface area contributed by atoms with Crippen molar-refractivity contribution in [1.29, 1.82) is 0 Å². The van der Waals surface area contributed by atoms with Crippen LogP contribution in [0.5, 0.6) is 0 Å². The van der Waals surface area contributed by atoms with Gasteiger partial charge in [0.25, 0.3) is 0 Å². The molecule has 0 amide bonds.